The fourth-order valence-corrected chi connectivity index (χ4v) is 3.02. The van der Waals surface area contributed by atoms with Gasteiger partial charge in [0, 0.05) is 24.1 Å². The Bertz CT molecular complexity index is 496. The van der Waals surface area contributed by atoms with Crippen molar-refractivity contribution in [1.82, 2.24) is 10.3 Å². The summed E-state index contributed by atoms with van der Waals surface area (Å²) in [6.45, 7) is 3.57. The quantitative estimate of drug-likeness (QED) is 0.879. The third-order valence-corrected chi connectivity index (χ3v) is 4.15. The molecule has 0 amide bonds. The maximum atomic E-state index is 5.22. The number of hydrogen-bond donors (Lipinski definition) is 1. The smallest absolute Gasteiger partial charge is 0.124 e. The summed E-state index contributed by atoms with van der Waals surface area (Å²) in [5.41, 5.74) is 3.58. The number of nitrogens with one attached hydrogen (secondary N) is 1. The monoisotopic (exact) mass is 276 g/mol. The summed E-state index contributed by atoms with van der Waals surface area (Å²) in [4.78, 5) is 5.95. The van der Waals surface area contributed by atoms with Crippen LogP contribution in [0, 0.1) is 0 Å². The highest BCUT2D eigenvalue weighted by molar-refractivity contribution is 7.15. The highest BCUT2D eigenvalue weighted by atomic mass is 32.1. The maximum absolute atomic E-state index is 5.22. The minimum Gasteiger partial charge on any atom is -0.378 e. The number of aryl methyl sites for hydroxylation is 1. The first kappa shape index (κ1) is 14.2. The van der Waals surface area contributed by atoms with Crippen LogP contribution in [0.15, 0.2) is 24.3 Å². The van der Waals surface area contributed by atoms with Gasteiger partial charge >= 0.3 is 0 Å². The van der Waals surface area contributed by atoms with E-state index in [2.05, 4.69) is 36.5 Å². The van der Waals surface area contributed by atoms with E-state index in [1.54, 1.807) is 18.4 Å². The molecule has 2 rings (SSSR count). The van der Waals surface area contributed by atoms with Gasteiger partial charge in [-0.1, -0.05) is 31.2 Å². The predicted octanol–water partition coefficient (Wildman–Crippen LogP) is 3.24. The molecule has 0 aliphatic rings. The van der Waals surface area contributed by atoms with Gasteiger partial charge in [0.1, 0.15) is 5.01 Å². The van der Waals surface area contributed by atoms with Crippen molar-refractivity contribution >= 4 is 11.3 Å². The Morgan fingerprint density at radius 2 is 2.00 bits per heavy atom. The van der Waals surface area contributed by atoms with E-state index in [-0.39, 0.29) is 0 Å². The second-order valence-electron chi connectivity index (χ2n) is 4.40. The van der Waals surface area contributed by atoms with Gasteiger partial charge in [-0.3, -0.25) is 0 Å². The average molecular weight is 276 g/mol. The van der Waals surface area contributed by atoms with Crippen molar-refractivity contribution in [3.05, 3.63) is 40.4 Å². The van der Waals surface area contributed by atoms with Crippen molar-refractivity contribution in [2.75, 3.05) is 14.2 Å². The summed E-state index contributed by atoms with van der Waals surface area (Å²) in [6.07, 6.45) is 1.07. The SMILES string of the molecule is CCc1ccc(-c2nc(COC)c(CNC)s2)cc1. The molecule has 0 aliphatic heterocycles. The van der Waals surface area contributed by atoms with Crippen LogP contribution in [0.25, 0.3) is 10.6 Å². The average Bonchev–Trinajstić information content (AvgIpc) is 2.83. The van der Waals surface area contributed by atoms with Crippen LogP contribution in [-0.2, 0) is 24.3 Å². The Morgan fingerprint density at radius 1 is 1.26 bits per heavy atom. The van der Waals surface area contributed by atoms with Crippen LogP contribution in [0.1, 0.15) is 23.1 Å². The Morgan fingerprint density at radius 3 is 2.58 bits per heavy atom. The molecule has 0 bridgehead atoms. The van der Waals surface area contributed by atoms with E-state index in [9.17, 15) is 0 Å². The Hall–Kier alpha value is -1.23. The molecule has 0 fully saturated rings. The van der Waals surface area contributed by atoms with Gasteiger partial charge in [0.2, 0.25) is 0 Å². The first-order valence-corrected chi connectivity index (χ1v) is 7.31. The van der Waals surface area contributed by atoms with Crippen molar-refractivity contribution in [3.63, 3.8) is 0 Å². The molecule has 1 aromatic carbocycles. The standard InChI is InChI=1S/C15H20N2OS/c1-4-11-5-7-12(8-6-11)15-17-13(10-18-3)14(19-15)9-16-2/h5-8,16H,4,9-10H2,1-3H3. The molecule has 0 radical (unpaired) electrons. The zero-order valence-electron chi connectivity index (χ0n) is 11.7. The number of aromatic nitrogens is 1. The molecule has 3 nitrogen and oxygen atoms in total. The second-order valence-corrected chi connectivity index (χ2v) is 5.49. The van der Waals surface area contributed by atoms with Crippen molar-refractivity contribution in [1.29, 1.82) is 0 Å². The van der Waals surface area contributed by atoms with E-state index in [0.717, 1.165) is 23.7 Å². The number of benzene rings is 1. The molecule has 0 atom stereocenters. The molecular formula is C15H20N2OS. The van der Waals surface area contributed by atoms with Crippen LogP contribution < -0.4 is 5.32 Å². The molecular weight excluding hydrogens is 256 g/mol. The molecule has 0 aliphatic carbocycles. The summed E-state index contributed by atoms with van der Waals surface area (Å²) in [6, 6.07) is 8.64. The van der Waals surface area contributed by atoms with Gasteiger partial charge in [0.05, 0.1) is 12.3 Å². The third kappa shape index (κ3) is 3.41. The third-order valence-electron chi connectivity index (χ3n) is 3.01. The number of ether oxygens (including phenoxy) is 1. The van der Waals surface area contributed by atoms with E-state index >= 15 is 0 Å². The van der Waals surface area contributed by atoms with Gasteiger partial charge in [0.25, 0.3) is 0 Å². The number of thiazole rings is 1. The molecule has 19 heavy (non-hydrogen) atoms. The lowest BCUT2D eigenvalue weighted by molar-refractivity contribution is 0.181. The summed E-state index contributed by atoms with van der Waals surface area (Å²) >= 11 is 1.74. The number of nitrogens with zero attached hydrogens (tertiary/aromatic N) is 1. The molecule has 1 heterocycles. The van der Waals surface area contributed by atoms with Gasteiger partial charge < -0.3 is 10.1 Å². The van der Waals surface area contributed by atoms with Crippen LogP contribution in [0.4, 0.5) is 0 Å². The second kappa shape index (κ2) is 6.80. The van der Waals surface area contributed by atoms with Crippen molar-refractivity contribution < 1.29 is 4.74 Å². The minimum atomic E-state index is 0.570. The Kier molecular flexibility index (Phi) is 5.07. The highest BCUT2D eigenvalue weighted by Gasteiger charge is 2.11. The highest BCUT2D eigenvalue weighted by Crippen LogP contribution is 2.28. The fourth-order valence-electron chi connectivity index (χ4n) is 1.94. The normalized spacial score (nSPS) is 10.9. The van der Waals surface area contributed by atoms with Crippen molar-refractivity contribution in [2.24, 2.45) is 0 Å². The summed E-state index contributed by atoms with van der Waals surface area (Å²) in [7, 11) is 3.66. The van der Waals surface area contributed by atoms with E-state index in [1.165, 1.54) is 16.0 Å². The zero-order valence-corrected chi connectivity index (χ0v) is 12.5. The first-order valence-electron chi connectivity index (χ1n) is 6.50. The maximum Gasteiger partial charge on any atom is 0.124 e. The van der Waals surface area contributed by atoms with Crippen LogP contribution in [-0.4, -0.2) is 19.1 Å². The Balaban J connectivity index is 2.30. The van der Waals surface area contributed by atoms with Crippen LogP contribution in [0.3, 0.4) is 0 Å². The molecule has 0 spiro atoms. The van der Waals surface area contributed by atoms with Crippen LogP contribution >= 0.6 is 11.3 Å². The summed E-state index contributed by atoms with van der Waals surface area (Å²) in [5, 5.41) is 4.25. The molecule has 102 valence electrons. The van der Waals surface area contributed by atoms with E-state index in [0.29, 0.717) is 6.61 Å². The molecule has 1 aromatic heterocycles. The minimum absolute atomic E-state index is 0.570. The van der Waals surface area contributed by atoms with Gasteiger partial charge in [-0.05, 0) is 19.0 Å². The van der Waals surface area contributed by atoms with Gasteiger partial charge in [-0.2, -0.15) is 0 Å². The Labute approximate surface area is 118 Å². The zero-order chi connectivity index (χ0) is 13.7. The molecule has 4 heteroatoms. The van der Waals surface area contributed by atoms with E-state index < -0.39 is 0 Å². The largest absolute Gasteiger partial charge is 0.378 e. The van der Waals surface area contributed by atoms with Gasteiger partial charge in [0.15, 0.2) is 0 Å². The molecule has 0 unspecified atom stereocenters. The van der Waals surface area contributed by atoms with Crippen LogP contribution in [0.2, 0.25) is 0 Å². The molecule has 1 N–H and O–H groups in total. The fraction of sp³-hybridized carbons (Fsp3) is 0.400. The lowest BCUT2D eigenvalue weighted by Crippen LogP contribution is -2.06. The van der Waals surface area contributed by atoms with Crippen molar-refractivity contribution in [3.8, 4) is 10.6 Å². The predicted molar refractivity (Wildman–Crippen MR) is 80.4 cm³/mol. The lowest BCUT2D eigenvalue weighted by Gasteiger charge is -1.99. The van der Waals surface area contributed by atoms with Crippen LogP contribution in [0.5, 0.6) is 0 Å². The molecule has 0 saturated carbocycles. The number of hydrogen-bond acceptors (Lipinski definition) is 4. The number of rotatable bonds is 6. The lowest BCUT2D eigenvalue weighted by atomic mass is 10.1. The van der Waals surface area contributed by atoms with E-state index in [4.69, 9.17) is 9.72 Å². The first-order chi connectivity index (χ1) is 9.28. The van der Waals surface area contributed by atoms with Crippen molar-refractivity contribution in [2.45, 2.75) is 26.5 Å². The van der Waals surface area contributed by atoms with Gasteiger partial charge in [-0.15, -0.1) is 11.3 Å². The number of methoxy groups -OCH3 is 1. The molecule has 2 aromatic rings. The van der Waals surface area contributed by atoms with Gasteiger partial charge in [-0.25, -0.2) is 4.98 Å². The van der Waals surface area contributed by atoms with E-state index in [1.807, 2.05) is 7.05 Å². The summed E-state index contributed by atoms with van der Waals surface area (Å²) in [5.74, 6) is 0. The summed E-state index contributed by atoms with van der Waals surface area (Å²) < 4.78 is 5.22. The molecule has 0 saturated heterocycles. The topological polar surface area (TPSA) is 34.1 Å².